The van der Waals surface area contributed by atoms with Crippen molar-refractivity contribution in [2.75, 3.05) is 12.4 Å². The van der Waals surface area contributed by atoms with Crippen LogP contribution < -0.4 is 16.1 Å². The fourth-order valence-corrected chi connectivity index (χ4v) is 2.43. The van der Waals surface area contributed by atoms with E-state index in [2.05, 4.69) is 35.8 Å². The Kier molecular flexibility index (Phi) is 5.91. The molecule has 3 aromatic rings. The van der Waals surface area contributed by atoms with Crippen molar-refractivity contribution in [1.82, 2.24) is 30.5 Å². The lowest BCUT2D eigenvalue weighted by atomic mass is 9.94. The van der Waals surface area contributed by atoms with Gasteiger partial charge in [0.1, 0.15) is 11.9 Å². The minimum absolute atomic E-state index is 0.109. The number of nitrogens with one attached hydrogen (secondary N) is 4. The highest BCUT2D eigenvalue weighted by Gasteiger charge is 2.13. The van der Waals surface area contributed by atoms with E-state index in [4.69, 9.17) is 5.26 Å². The second-order valence-electron chi connectivity index (χ2n) is 6.03. The third-order valence-corrected chi connectivity index (χ3v) is 4.23. The van der Waals surface area contributed by atoms with Crippen molar-refractivity contribution >= 4 is 11.6 Å². The minimum atomic E-state index is -0.109. The lowest BCUT2D eigenvalue weighted by Gasteiger charge is -2.23. The molecule has 0 unspecified atom stereocenters. The topological polar surface area (TPSA) is 135 Å². The first kappa shape index (κ1) is 18.3. The molecule has 27 heavy (non-hydrogen) atoms. The smallest absolute Gasteiger partial charge is 0.190 e. The first-order chi connectivity index (χ1) is 13.2. The maximum Gasteiger partial charge on any atom is 0.190 e. The molecular formula is C18H20N8O. The molecule has 0 saturated heterocycles. The molecule has 9 nitrogen and oxygen atoms in total. The molecule has 0 amide bonds. The van der Waals surface area contributed by atoms with Gasteiger partial charge in [-0.05, 0) is 19.9 Å². The predicted octanol–water partition coefficient (Wildman–Crippen LogP) is 1.93. The largest absolute Gasteiger partial charge is 0.367 e. The number of nitriles is 1. The predicted molar refractivity (Wildman–Crippen MR) is 101 cm³/mol. The number of pyridine rings is 1. The molecule has 9 heteroatoms. The highest BCUT2D eigenvalue weighted by Crippen LogP contribution is 2.18. The number of anilines is 2. The first-order valence-corrected chi connectivity index (χ1v) is 8.59. The van der Waals surface area contributed by atoms with E-state index in [1.54, 1.807) is 18.5 Å². The third-order valence-electron chi connectivity index (χ3n) is 4.23. The fourth-order valence-electron chi connectivity index (χ4n) is 2.43. The first-order valence-electron chi connectivity index (χ1n) is 8.59. The summed E-state index contributed by atoms with van der Waals surface area (Å²) in [6, 6.07) is 5.88. The summed E-state index contributed by atoms with van der Waals surface area (Å²) < 4.78 is 0. The fraction of sp³-hybridized carbons (Fsp3) is 0.278. The van der Waals surface area contributed by atoms with Crippen molar-refractivity contribution in [2.24, 2.45) is 0 Å². The van der Waals surface area contributed by atoms with Gasteiger partial charge >= 0.3 is 0 Å². The van der Waals surface area contributed by atoms with E-state index in [-0.39, 0.29) is 11.1 Å². The van der Waals surface area contributed by atoms with Crippen LogP contribution in [-0.4, -0.2) is 38.2 Å². The zero-order valence-electron chi connectivity index (χ0n) is 14.9. The van der Waals surface area contributed by atoms with Gasteiger partial charge in [-0.1, -0.05) is 6.42 Å². The van der Waals surface area contributed by atoms with Gasteiger partial charge in [-0.15, -0.1) is 0 Å². The number of hydrogen-bond donors (Lipinski definition) is 4. The Morgan fingerprint density at radius 2 is 2.11 bits per heavy atom. The molecule has 1 fully saturated rings. The Morgan fingerprint density at radius 1 is 1.26 bits per heavy atom. The van der Waals surface area contributed by atoms with Crippen LogP contribution in [0, 0.1) is 11.3 Å². The number of aromatic nitrogens is 5. The monoisotopic (exact) mass is 364 g/mol. The Labute approximate surface area is 155 Å². The van der Waals surface area contributed by atoms with E-state index < -0.39 is 0 Å². The van der Waals surface area contributed by atoms with Crippen molar-refractivity contribution in [3.63, 3.8) is 0 Å². The molecule has 0 aliphatic heterocycles. The van der Waals surface area contributed by atoms with Gasteiger partial charge in [-0.2, -0.15) is 10.4 Å². The second kappa shape index (κ2) is 8.73. The molecule has 0 aromatic carbocycles. The molecule has 4 N–H and O–H groups in total. The molecule has 1 aliphatic rings. The number of rotatable bonds is 4. The summed E-state index contributed by atoms with van der Waals surface area (Å²) in [5.41, 5.74) is 1.20. The summed E-state index contributed by atoms with van der Waals surface area (Å²) in [6.45, 7) is 0. The number of nitrogens with zero attached hydrogens (tertiary/aromatic N) is 4. The van der Waals surface area contributed by atoms with Crippen LogP contribution in [0.3, 0.4) is 0 Å². The molecular weight excluding hydrogens is 344 g/mol. The molecule has 0 bridgehead atoms. The van der Waals surface area contributed by atoms with E-state index in [1.165, 1.54) is 37.7 Å². The molecule has 3 heterocycles. The maximum absolute atomic E-state index is 11.7. The summed E-state index contributed by atoms with van der Waals surface area (Å²) in [6.07, 6.45) is 10.2. The van der Waals surface area contributed by atoms with Gasteiger partial charge in [-0.25, -0.2) is 9.97 Å². The van der Waals surface area contributed by atoms with Crippen molar-refractivity contribution in [3.8, 4) is 17.3 Å². The van der Waals surface area contributed by atoms with E-state index >= 15 is 0 Å². The van der Waals surface area contributed by atoms with Crippen molar-refractivity contribution < 1.29 is 0 Å². The number of hydrogen-bond acceptors (Lipinski definition) is 7. The van der Waals surface area contributed by atoms with Gasteiger partial charge in [0.05, 0.1) is 23.7 Å². The molecule has 1 aliphatic carbocycles. The SMILES string of the molecule is CNC1CCC1.N#Cc1cnc(Nc2cc(-c3c[nH]ccc3=O)[nH]n2)cn1. The number of aromatic amines is 2. The molecule has 1 saturated carbocycles. The van der Waals surface area contributed by atoms with Crippen LogP contribution in [0.2, 0.25) is 0 Å². The summed E-state index contributed by atoms with van der Waals surface area (Å²) in [7, 11) is 2.03. The molecule has 0 spiro atoms. The zero-order valence-corrected chi connectivity index (χ0v) is 14.9. The van der Waals surface area contributed by atoms with Crippen LogP contribution in [0.1, 0.15) is 25.0 Å². The third kappa shape index (κ3) is 4.77. The quantitative estimate of drug-likeness (QED) is 0.555. The van der Waals surface area contributed by atoms with Gasteiger partial charge in [0.15, 0.2) is 16.9 Å². The Hall–Kier alpha value is -3.51. The van der Waals surface area contributed by atoms with E-state index in [1.807, 2.05) is 13.1 Å². The van der Waals surface area contributed by atoms with Crippen LogP contribution >= 0.6 is 0 Å². The summed E-state index contributed by atoms with van der Waals surface area (Å²) in [4.78, 5) is 22.5. The van der Waals surface area contributed by atoms with Crippen molar-refractivity contribution in [3.05, 3.63) is 52.8 Å². The molecule has 3 aromatic heterocycles. The average Bonchev–Trinajstić information content (AvgIpc) is 3.10. The Bertz CT molecular complexity index is 963. The van der Waals surface area contributed by atoms with Gasteiger partial charge in [0.25, 0.3) is 0 Å². The van der Waals surface area contributed by atoms with Gasteiger partial charge in [0.2, 0.25) is 0 Å². The normalized spacial score (nSPS) is 13.0. The lowest BCUT2D eigenvalue weighted by molar-refractivity contribution is 0.361. The standard InChI is InChI=1S/C13H9N7O.C5H11N/c14-4-8-5-17-13(7-16-8)18-12-3-10(19-20-12)9-6-15-2-1-11(9)21;1-6-5-3-2-4-5/h1-3,5-7H,(H,15,21)(H2,17,18,19,20);5-6H,2-4H2,1H3. The molecule has 138 valence electrons. The molecule has 0 atom stereocenters. The van der Waals surface area contributed by atoms with Crippen molar-refractivity contribution in [1.29, 1.82) is 5.26 Å². The Balaban J connectivity index is 0.000000299. The van der Waals surface area contributed by atoms with Crippen LogP contribution in [0.15, 0.2) is 41.7 Å². The zero-order chi connectivity index (χ0) is 19.1. The van der Waals surface area contributed by atoms with Gasteiger partial charge in [0, 0.05) is 30.6 Å². The van der Waals surface area contributed by atoms with Crippen LogP contribution in [-0.2, 0) is 0 Å². The van der Waals surface area contributed by atoms with Gasteiger partial charge < -0.3 is 15.6 Å². The average molecular weight is 364 g/mol. The second-order valence-corrected chi connectivity index (χ2v) is 6.03. The van der Waals surface area contributed by atoms with Crippen LogP contribution in [0.25, 0.3) is 11.3 Å². The summed E-state index contributed by atoms with van der Waals surface area (Å²) in [5, 5.41) is 21.6. The summed E-state index contributed by atoms with van der Waals surface area (Å²) in [5.74, 6) is 0.946. The van der Waals surface area contributed by atoms with Crippen LogP contribution in [0.4, 0.5) is 11.6 Å². The highest BCUT2D eigenvalue weighted by molar-refractivity contribution is 5.63. The highest BCUT2D eigenvalue weighted by atomic mass is 16.1. The minimum Gasteiger partial charge on any atom is -0.367 e. The molecule has 0 radical (unpaired) electrons. The van der Waals surface area contributed by atoms with Crippen molar-refractivity contribution in [2.45, 2.75) is 25.3 Å². The van der Waals surface area contributed by atoms with E-state index in [0.717, 1.165) is 6.04 Å². The van der Waals surface area contributed by atoms with E-state index in [9.17, 15) is 4.79 Å². The van der Waals surface area contributed by atoms with E-state index in [0.29, 0.717) is 22.9 Å². The van der Waals surface area contributed by atoms with Crippen LogP contribution in [0.5, 0.6) is 0 Å². The Morgan fingerprint density at radius 3 is 2.67 bits per heavy atom. The number of H-pyrrole nitrogens is 2. The maximum atomic E-state index is 11.7. The van der Waals surface area contributed by atoms with Gasteiger partial charge in [-0.3, -0.25) is 9.89 Å². The molecule has 4 rings (SSSR count). The lowest BCUT2D eigenvalue weighted by Crippen LogP contribution is -2.31. The summed E-state index contributed by atoms with van der Waals surface area (Å²) >= 11 is 0.